The number of carboxylic acids is 1. The van der Waals surface area contributed by atoms with Crippen LogP contribution in [0.3, 0.4) is 0 Å². The van der Waals surface area contributed by atoms with Gasteiger partial charge in [-0.25, -0.2) is 9.78 Å². The van der Waals surface area contributed by atoms with Crippen molar-refractivity contribution in [2.24, 2.45) is 0 Å². The van der Waals surface area contributed by atoms with Crippen LogP contribution in [-0.2, 0) is 11.2 Å². The van der Waals surface area contributed by atoms with Crippen LogP contribution in [0.15, 0.2) is 36.5 Å². The molecule has 2 N–H and O–H groups in total. The highest BCUT2D eigenvalue weighted by atomic mass is 16.4. The van der Waals surface area contributed by atoms with Gasteiger partial charge in [-0.3, -0.25) is 0 Å². The second kappa shape index (κ2) is 5.31. The molecule has 0 aliphatic heterocycles. The average Bonchev–Trinajstić information content (AvgIpc) is 2.85. The molecule has 0 aliphatic carbocycles. The third-order valence-electron chi connectivity index (χ3n) is 2.65. The molecule has 0 spiro atoms. The number of aromatic nitrogens is 2. The molecule has 1 aromatic carbocycles. The molecule has 4 heteroatoms. The maximum atomic E-state index is 10.4. The highest BCUT2D eigenvalue weighted by Crippen LogP contribution is 2.18. The van der Waals surface area contributed by atoms with Crippen LogP contribution in [0, 0.1) is 0 Å². The van der Waals surface area contributed by atoms with Crippen LogP contribution in [0.1, 0.15) is 18.3 Å². The molecule has 0 unspecified atom stereocenters. The Hall–Kier alpha value is -2.36. The van der Waals surface area contributed by atoms with Crippen LogP contribution in [0.25, 0.3) is 17.3 Å². The summed E-state index contributed by atoms with van der Waals surface area (Å²) in [7, 11) is 0. The topological polar surface area (TPSA) is 66.0 Å². The first-order valence-electron chi connectivity index (χ1n) is 5.74. The van der Waals surface area contributed by atoms with Gasteiger partial charge in [0.2, 0.25) is 0 Å². The van der Waals surface area contributed by atoms with Crippen molar-refractivity contribution in [2.45, 2.75) is 13.3 Å². The number of hydrogen-bond donors (Lipinski definition) is 2. The first-order valence-corrected chi connectivity index (χ1v) is 5.74. The van der Waals surface area contributed by atoms with E-state index in [0.717, 1.165) is 23.8 Å². The summed E-state index contributed by atoms with van der Waals surface area (Å²) in [6.45, 7) is 2.11. The van der Waals surface area contributed by atoms with E-state index in [9.17, 15) is 4.79 Å². The van der Waals surface area contributed by atoms with Crippen LogP contribution in [0.4, 0.5) is 0 Å². The predicted molar refractivity (Wildman–Crippen MR) is 70.1 cm³/mol. The Morgan fingerprint density at radius 3 is 2.72 bits per heavy atom. The molecule has 2 rings (SSSR count). The number of hydrogen-bond acceptors (Lipinski definition) is 2. The summed E-state index contributed by atoms with van der Waals surface area (Å²) in [5, 5.41) is 8.53. The van der Waals surface area contributed by atoms with Gasteiger partial charge in [0.25, 0.3) is 0 Å². The molecule has 18 heavy (non-hydrogen) atoms. The fourth-order valence-electron chi connectivity index (χ4n) is 1.64. The van der Waals surface area contributed by atoms with Gasteiger partial charge in [0.05, 0.1) is 11.9 Å². The molecular formula is C14H14N2O2. The molecule has 1 heterocycles. The normalized spacial score (nSPS) is 10.9. The van der Waals surface area contributed by atoms with E-state index in [1.54, 1.807) is 6.20 Å². The van der Waals surface area contributed by atoms with Gasteiger partial charge < -0.3 is 10.1 Å². The Balaban J connectivity index is 2.20. The average molecular weight is 242 g/mol. The van der Waals surface area contributed by atoms with E-state index in [4.69, 9.17) is 5.11 Å². The van der Waals surface area contributed by atoms with Crippen molar-refractivity contribution in [1.82, 2.24) is 9.97 Å². The van der Waals surface area contributed by atoms with Crippen molar-refractivity contribution in [3.63, 3.8) is 0 Å². The molecule has 0 fully saturated rings. The van der Waals surface area contributed by atoms with Gasteiger partial charge in [0.1, 0.15) is 5.82 Å². The zero-order chi connectivity index (χ0) is 13.0. The summed E-state index contributed by atoms with van der Waals surface area (Å²) < 4.78 is 0. The van der Waals surface area contributed by atoms with E-state index in [1.165, 1.54) is 11.6 Å². The molecule has 0 bridgehead atoms. The van der Waals surface area contributed by atoms with Gasteiger partial charge in [-0.1, -0.05) is 31.2 Å². The van der Waals surface area contributed by atoms with E-state index in [0.29, 0.717) is 5.82 Å². The second-order valence-corrected chi connectivity index (χ2v) is 3.90. The van der Waals surface area contributed by atoms with Crippen LogP contribution in [0.5, 0.6) is 0 Å². The lowest BCUT2D eigenvalue weighted by Crippen LogP contribution is -1.86. The zero-order valence-electron chi connectivity index (χ0n) is 10.1. The standard InChI is InChI=1S/C14H14N2O2/c1-2-10-3-5-11(6-4-10)12-9-15-13(16-12)7-8-14(17)18/h3-9H,2H2,1H3,(H,15,16)(H,17,18)/b8-7+. The number of H-pyrrole nitrogens is 1. The predicted octanol–water partition coefficient (Wildman–Crippen LogP) is 2.74. The molecule has 0 atom stereocenters. The highest BCUT2D eigenvalue weighted by molar-refractivity contribution is 5.84. The lowest BCUT2D eigenvalue weighted by molar-refractivity contribution is -0.131. The zero-order valence-corrected chi connectivity index (χ0v) is 10.1. The van der Waals surface area contributed by atoms with E-state index < -0.39 is 5.97 Å². The van der Waals surface area contributed by atoms with Crippen molar-refractivity contribution in [3.8, 4) is 11.3 Å². The summed E-state index contributed by atoms with van der Waals surface area (Å²) in [6, 6.07) is 8.19. The van der Waals surface area contributed by atoms with Gasteiger partial charge in [-0.05, 0) is 23.6 Å². The first-order chi connectivity index (χ1) is 8.69. The molecule has 1 aromatic heterocycles. The number of imidazole rings is 1. The Morgan fingerprint density at radius 2 is 2.11 bits per heavy atom. The van der Waals surface area contributed by atoms with Gasteiger partial charge in [0.15, 0.2) is 0 Å². The Labute approximate surface area is 105 Å². The number of aryl methyl sites for hydroxylation is 1. The van der Waals surface area contributed by atoms with E-state index in [2.05, 4.69) is 29.0 Å². The number of carbonyl (C=O) groups is 1. The van der Waals surface area contributed by atoms with Crippen molar-refractivity contribution in [3.05, 3.63) is 47.9 Å². The molecule has 0 saturated heterocycles. The lowest BCUT2D eigenvalue weighted by Gasteiger charge is -1.99. The number of nitrogens with zero attached hydrogens (tertiary/aromatic N) is 1. The van der Waals surface area contributed by atoms with Gasteiger partial charge in [0, 0.05) is 6.08 Å². The minimum atomic E-state index is -0.986. The molecule has 4 nitrogen and oxygen atoms in total. The molecule has 2 aromatic rings. The number of rotatable bonds is 4. The summed E-state index contributed by atoms with van der Waals surface area (Å²) in [5.41, 5.74) is 3.20. The summed E-state index contributed by atoms with van der Waals surface area (Å²) in [6.07, 6.45) is 5.20. The van der Waals surface area contributed by atoms with Crippen molar-refractivity contribution >= 4 is 12.0 Å². The molecule has 92 valence electrons. The molecule has 0 amide bonds. The minimum absolute atomic E-state index is 0.534. The molecule has 0 aliphatic rings. The second-order valence-electron chi connectivity index (χ2n) is 3.90. The van der Waals surface area contributed by atoms with Crippen molar-refractivity contribution in [1.29, 1.82) is 0 Å². The number of aromatic amines is 1. The maximum Gasteiger partial charge on any atom is 0.328 e. The van der Waals surface area contributed by atoms with Crippen LogP contribution >= 0.6 is 0 Å². The van der Waals surface area contributed by atoms with Crippen molar-refractivity contribution in [2.75, 3.05) is 0 Å². The summed E-state index contributed by atoms with van der Waals surface area (Å²) in [5.74, 6) is -0.452. The van der Waals surface area contributed by atoms with Crippen LogP contribution in [0.2, 0.25) is 0 Å². The summed E-state index contributed by atoms with van der Waals surface area (Å²) in [4.78, 5) is 17.6. The first kappa shape index (κ1) is 12.1. The number of benzene rings is 1. The fraction of sp³-hybridized carbons (Fsp3) is 0.143. The monoisotopic (exact) mass is 242 g/mol. The minimum Gasteiger partial charge on any atom is -0.478 e. The Bertz CT molecular complexity index is 568. The van der Waals surface area contributed by atoms with Gasteiger partial charge >= 0.3 is 5.97 Å². The van der Waals surface area contributed by atoms with Crippen LogP contribution < -0.4 is 0 Å². The quantitative estimate of drug-likeness (QED) is 0.810. The number of nitrogens with one attached hydrogen (secondary N) is 1. The highest BCUT2D eigenvalue weighted by Gasteiger charge is 2.01. The number of carboxylic acid groups (broad SMARTS) is 1. The molecular weight excluding hydrogens is 228 g/mol. The maximum absolute atomic E-state index is 10.4. The third kappa shape index (κ3) is 2.85. The number of aliphatic carboxylic acids is 1. The van der Waals surface area contributed by atoms with E-state index >= 15 is 0 Å². The SMILES string of the molecule is CCc1ccc(-c2cnc(/C=C/C(=O)O)[nH]2)cc1. The van der Waals surface area contributed by atoms with Gasteiger partial charge in [-0.2, -0.15) is 0 Å². The lowest BCUT2D eigenvalue weighted by atomic mass is 10.1. The largest absolute Gasteiger partial charge is 0.478 e. The molecule has 0 saturated carbocycles. The van der Waals surface area contributed by atoms with E-state index in [1.807, 2.05) is 12.1 Å². The van der Waals surface area contributed by atoms with Crippen molar-refractivity contribution < 1.29 is 9.90 Å². The third-order valence-corrected chi connectivity index (χ3v) is 2.65. The smallest absolute Gasteiger partial charge is 0.328 e. The van der Waals surface area contributed by atoms with Gasteiger partial charge in [-0.15, -0.1) is 0 Å². The molecule has 0 radical (unpaired) electrons. The Kier molecular flexibility index (Phi) is 3.57. The fourth-order valence-corrected chi connectivity index (χ4v) is 1.64. The summed E-state index contributed by atoms with van der Waals surface area (Å²) >= 11 is 0. The van der Waals surface area contributed by atoms with E-state index in [-0.39, 0.29) is 0 Å². The Morgan fingerprint density at radius 1 is 1.39 bits per heavy atom. The van der Waals surface area contributed by atoms with Crippen LogP contribution in [-0.4, -0.2) is 21.0 Å².